The van der Waals surface area contributed by atoms with E-state index in [-0.39, 0.29) is 13.0 Å². The van der Waals surface area contributed by atoms with Crippen molar-refractivity contribution >= 4 is 5.91 Å². The maximum absolute atomic E-state index is 12.7. The summed E-state index contributed by atoms with van der Waals surface area (Å²) in [5.74, 6) is -3.43. The van der Waals surface area contributed by atoms with E-state index in [9.17, 15) is 18.7 Å². The van der Waals surface area contributed by atoms with Crippen LogP contribution in [0.25, 0.3) is 0 Å². The van der Waals surface area contributed by atoms with Crippen molar-refractivity contribution in [1.29, 1.82) is 0 Å². The van der Waals surface area contributed by atoms with Gasteiger partial charge >= 0.3 is 0 Å². The third-order valence-electron chi connectivity index (χ3n) is 1.98. The third-order valence-corrected chi connectivity index (χ3v) is 1.98. The summed E-state index contributed by atoms with van der Waals surface area (Å²) in [5.41, 5.74) is -1.56. The van der Waals surface area contributed by atoms with E-state index in [0.29, 0.717) is 0 Å². The molecule has 1 aliphatic rings. The van der Waals surface area contributed by atoms with Gasteiger partial charge in [0.1, 0.15) is 5.60 Å². The number of likely N-dealkylation sites (tertiary alicyclic amines) is 1. The molecule has 1 N–H and O–H groups in total. The van der Waals surface area contributed by atoms with Crippen LogP contribution < -0.4 is 0 Å². The first-order valence-corrected chi connectivity index (χ1v) is 4.12. The Morgan fingerprint density at radius 1 is 1.54 bits per heavy atom. The van der Waals surface area contributed by atoms with Gasteiger partial charge in [-0.15, -0.1) is 0 Å². The molecule has 1 fully saturated rings. The zero-order chi connectivity index (χ0) is 10.3. The maximum atomic E-state index is 12.7. The second-order valence-corrected chi connectivity index (χ2v) is 3.89. The van der Waals surface area contributed by atoms with Gasteiger partial charge < -0.3 is 10.0 Å². The van der Waals surface area contributed by atoms with E-state index in [1.54, 1.807) is 0 Å². The number of amides is 1. The predicted octanol–water partition coefficient (Wildman–Crippen LogP) is 0.625. The fraction of sp³-hybridized carbons (Fsp3) is 0.875. The highest BCUT2D eigenvalue weighted by Gasteiger charge is 2.43. The van der Waals surface area contributed by atoms with Gasteiger partial charge in [-0.05, 0) is 13.8 Å². The molecule has 0 radical (unpaired) electrons. The molecule has 0 aromatic heterocycles. The van der Waals surface area contributed by atoms with Crippen molar-refractivity contribution in [1.82, 2.24) is 4.90 Å². The van der Waals surface area contributed by atoms with E-state index in [1.807, 2.05) is 0 Å². The zero-order valence-electron chi connectivity index (χ0n) is 7.68. The van der Waals surface area contributed by atoms with Gasteiger partial charge in [0, 0.05) is 13.0 Å². The van der Waals surface area contributed by atoms with Gasteiger partial charge in [-0.2, -0.15) is 0 Å². The van der Waals surface area contributed by atoms with E-state index >= 15 is 0 Å². The van der Waals surface area contributed by atoms with Crippen LogP contribution in [0.2, 0.25) is 0 Å². The molecular weight excluding hydrogens is 180 g/mol. The normalized spacial score (nSPS) is 22.1. The number of nitrogens with zero attached hydrogens (tertiary/aromatic N) is 1. The van der Waals surface area contributed by atoms with Gasteiger partial charge in [0.25, 0.3) is 11.8 Å². The highest BCUT2D eigenvalue weighted by Crippen LogP contribution is 2.28. The van der Waals surface area contributed by atoms with Crippen LogP contribution in [0.15, 0.2) is 0 Å². The molecule has 1 rings (SSSR count). The lowest BCUT2D eigenvalue weighted by Crippen LogP contribution is -2.44. The van der Waals surface area contributed by atoms with Gasteiger partial charge in [0.2, 0.25) is 0 Å². The highest BCUT2D eigenvalue weighted by atomic mass is 19.3. The SMILES string of the molecule is CC(C)(O)C(=O)N1CCC(F)(F)C1. The Labute approximate surface area is 75.3 Å². The molecule has 1 amide bonds. The van der Waals surface area contributed by atoms with Crippen LogP contribution in [0.4, 0.5) is 8.78 Å². The number of hydrogen-bond acceptors (Lipinski definition) is 2. The standard InChI is InChI=1S/C8H13F2NO2/c1-7(2,13)6(12)11-4-3-8(9,10)5-11/h13H,3-5H2,1-2H3. The molecule has 1 aliphatic heterocycles. The van der Waals surface area contributed by atoms with Gasteiger partial charge in [-0.3, -0.25) is 4.79 Å². The first-order valence-electron chi connectivity index (χ1n) is 4.12. The second kappa shape index (κ2) is 2.90. The summed E-state index contributed by atoms with van der Waals surface area (Å²) in [6, 6.07) is 0. The second-order valence-electron chi connectivity index (χ2n) is 3.89. The minimum Gasteiger partial charge on any atom is -0.381 e. The number of carbonyl (C=O) groups is 1. The van der Waals surface area contributed by atoms with Crippen LogP contribution in [-0.4, -0.2) is 40.5 Å². The molecule has 0 atom stereocenters. The highest BCUT2D eigenvalue weighted by molar-refractivity contribution is 5.84. The van der Waals surface area contributed by atoms with Gasteiger partial charge in [0.15, 0.2) is 0 Å². The van der Waals surface area contributed by atoms with Crippen LogP contribution in [0, 0.1) is 0 Å². The van der Waals surface area contributed by atoms with Crippen molar-refractivity contribution < 1.29 is 18.7 Å². The summed E-state index contributed by atoms with van der Waals surface area (Å²) in [4.78, 5) is 12.3. The average molecular weight is 193 g/mol. The smallest absolute Gasteiger partial charge is 0.267 e. The molecule has 3 nitrogen and oxygen atoms in total. The van der Waals surface area contributed by atoms with E-state index in [0.717, 1.165) is 4.90 Å². The topological polar surface area (TPSA) is 40.5 Å². The molecule has 0 aromatic rings. The zero-order valence-corrected chi connectivity index (χ0v) is 7.68. The average Bonchev–Trinajstić information content (AvgIpc) is 2.26. The molecule has 5 heteroatoms. The van der Waals surface area contributed by atoms with Crippen molar-refractivity contribution in [2.24, 2.45) is 0 Å². The lowest BCUT2D eigenvalue weighted by atomic mass is 10.1. The number of hydrogen-bond donors (Lipinski definition) is 1. The van der Waals surface area contributed by atoms with Gasteiger partial charge in [0.05, 0.1) is 6.54 Å². The fourth-order valence-electron chi connectivity index (χ4n) is 1.30. The molecule has 1 heterocycles. The summed E-state index contributed by atoms with van der Waals surface area (Å²) in [5, 5.41) is 9.28. The van der Waals surface area contributed by atoms with Crippen LogP contribution in [0.5, 0.6) is 0 Å². The van der Waals surface area contributed by atoms with Crippen LogP contribution in [0.3, 0.4) is 0 Å². The van der Waals surface area contributed by atoms with Crippen molar-refractivity contribution in [2.45, 2.75) is 31.8 Å². The molecule has 0 aliphatic carbocycles. The van der Waals surface area contributed by atoms with E-state index in [4.69, 9.17) is 0 Å². The fourth-order valence-corrected chi connectivity index (χ4v) is 1.30. The van der Waals surface area contributed by atoms with Crippen molar-refractivity contribution in [3.05, 3.63) is 0 Å². The molecule has 0 spiro atoms. The number of halogens is 2. The summed E-state index contributed by atoms with van der Waals surface area (Å²) in [6.45, 7) is 2.04. The number of rotatable bonds is 1. The van der Waals surface area contributed by atoms with Crippen LogP contribution >= 0.6 is 0 Å². The Kier molecular flexibility index (Phi) is 2.32. The van der Waals surface area contributed by atoms with E-state index < -0.39 is 24.0 Å². The third kappa shape index (κ3) is 2.37. The van der Waals surface area contributed by atoms with Gasteiger partial charge in [-0.1, -0.05) is 0 Å². The predicted molar refractivity (Wildman–Crippen MR) is 42.4 cm³/mol. The van der Waals surface area contributed by atoms with Gasteiger partial charge in [-0.25, -0.2) is 8.78 Å². The quantitative estimate of drug-likeness (QED) is 0.663. The van der Waals surface area contributed by atoms with E-state index in [2.05, 4.69) is 0 Å². The summed E-state index contributed by atoms with van der Waals surface area (Å²) in [6.07, 6.45) is -0.311. The molecule has 0 bridgehead atoms. The lowest BCUT2D eigenvalue weighted by Gasteiger charge is -2.24. The Bertz CT molecular complexity index is 223. The molecule has 0 saturated carbocycles. The minimum atomic E-state index is -2.79. The Morgan fingerprint density at radius 3 is 2.38 bits per heavy atom. The molecule has 0 aromatic carbocycles. The van der Waals surface area contributed by atoms with Crippen molar-refractivity contribution in [3.63, 3.8) is 0 Å². The Balaban J connectivity index is 2.62. The first kappa shape index (κ1) is 10.4. The summed E-state index contributed by atoms with van der Waals surface area (Å²) >= 11 is 0. The monoisotopic (exact) mass is 193 g/mol. The summed E-state index contributed by atoms with van der Waals surface area (Å²) in [7, 11) is 0. The number of aliphatic hydroxyl groups is 1. The van der Waals surface area contributed by atoms with Crippen LogP contribution in [0.1, 0.15) is 20.3 Å². The van der Waals surface area contributed by atoms with Crippen LogP contribution in [-0.2, 0) is 4.79 Å². The Morgan fingerprint density at radius 2 is 2.08 bits per heavy atom. The molecule has 13 heavy (non-hydrogen) atoms. The minimum absolute atomic E-state index is 0.0236. The van der Waals surface area contributed by atoms with E-state index in [1.165, 1.54) is 13.8 Å². The lowest BCUT2D eigenvalue weighted by molar-refractivity contribution is -0.148. The van der Waals surface area contributed by atoms with Crippen molar-refractivity contribution in [2.75, 3.05) is 13.1 Å². The largest absolute Gasteiger partial charge is 0.381 e. The number of alkyl halides is 2. The molecular formula is C8H13F2NO2. The molecule has 76 valence electrons. The van der Waals surface area contributed by atoms with Crippen molar-refractivity contribution in [3.8, 4) is 0 Å². The number of carbonyl (C=O) groups excluding carboxylic acids is 1. The maximum Gasteiger partial charge on any atom is 0.267 e. The first-order chi connectivity index (χ1) is 5.72. The summed E-state index contributed by atoms with van der Waals surface area (Å²) < 4.78 is 25.3. The Hall–Kier alpha value is -0.710. The molecule has 0 unspecified atom stereocenters. The molecule has 1 saturated heterocycles.